The van der Waals surface area contributed by atoms with Crippen LogP contribution >= 0.6 is 25.1 Å². The van der Waals surface area contributed by atoms with Crippen LogP contribution in [-0.4, -0.2) is 28.3 Å². The van der Waals surface area contributed by atoms with Gasteiger partial charge in [-0.2, -0.15) is 0 Å². The Morgan fingerprint density at radius 2 is 2.14 bits per heavy atom. The molecule has 2 aliphatic rings. The van der Waals surface area contributed by atoms with E-state index in [0.717, 1.165) is 0 Å². The molecule has 84 valence electrons. The fourth-order valence-corrected chi connectivity index (χ4v) is 29.1. The SMILES string of the molecule is OP(C1C=CCCC1)I1CC[I-]CC1. The molecule has 0 aromatic rings. The van der Waals surface area contributed by atoms with Gasteiger partial charge in [0.1, 0.15) is 0 Å². The van der Waals surface area contributed by atoms with Gasteiger partial charge < -0.3 is 0 Å². The van der Waals surface area contributed by atoms with Crippen LogP contribution in [0.25, 0.3) is 0 Å². The Kier molecular flexibility index (Phi) is 5.47. The Balaban J connectivity index is 1.88. The third-order valence-electron chi connectivity index (χ3n) is 2.59. The van der Waals surface area contributed by atoms with E-state index < -0.39 is 25.1 Å². The first-order valence-electron chi connectivity index (χ1n) is 5.18. The van der Waals surface area contributed by atoms with Crippen molar-refractivity contribution in [3.63, 3.8) is 0 Å². The number of rotatable bonds is 2. The molecule has 0 bridgehead atoms. The molecule has 1 saturated heterocycles. The van der Waals surface area contributed by atoms with Crippen molar-refractivity contribution in [2.75, 3.05) is 17.7 Å². The van der Waals surface area contributed by atoms with Crippen LogP contribution in [0.1, 0.15) is 19.3 Å². The van der Waals surface area contributed by atoms with Gasteiger partial charge in [-0.05, 0) is 0 Å². The zero-order valence-corrected chi connectivity index (χ0v) is 13.5. The second-order valence-corrected chi connectivity index (χ2v) is 18.8. The number of allylic oxidation sites excluding steroid dienone is 2. The van der Waals surface area contributed by atoms with E-state index in [2.05, 4.69) is 12.2 Å². The van der Waals surface area contributed by atoms with Crippen LogP contribution in [0.3, 0.4) is 0 Å². The van der Waals surface area contributed by atoms with Crippen molar-refractivity contribution in [3.8, 4) is 0 Å². The van der Waals surface area contributed by atoms with Gasteiger partial charge in [-0.25, -0.2) is 0 Å². The average molecular weight is 439 g/mol. The molecule has 1 aliphatic carbocycles. The summed E-state index contributed by atoms with van der Waals surface area (Å²) in [6.07, 6.45) is 8.47. The quantitative estimate of drug-likeness (QED) is 0.279. The van der Waals surface area contributed by atoms with Gasteiger partial charge in [0.2, 0.25) is 0 Å². The standard InChI is InChI=1S/C10H18I2OP/c13-14(10-4-2-1-3-5-10)12-8-6-11-7-9-12/h2,4,10,13H,1,3,5-9H2/q-1. The van der Waals surface area contributed by atoms with Crippen molar-refractivity contribution in [3.05, 3.63) is 12.2 Å². The zero-order chi connectivity index (χ0) is 9.80. The first-order chi connectivity index (χ1) is 6.88. The molecular weight excluding hydrogens is 421 g/mol. The predicted molar refractivity (Wildman–Crippen MR) is 69.4 cm³/mol. The molecule has 14 heavy (non-hydrogen) atoms. The van der Waals surface area contributed by atoms with Crippen molar-refractivity contribution in [2.24, 2.45) is 0 Å². The summed E-state index contributed by atoms with van der Waals surface area (Å²) < 4.78 is 6.03. The van der Waals surface area contributed by atoms with E-state index in [0.29, 0.717) is 26.9 Å². The van der Waals surface area contributed by atoms with Gasteiger partial charge in [0, 0.05) is 0 Å². The molecule has 2 unspecified atom stereocenters. The Bertz CT molecular complexity index is 204. The third-order valence-corrected chi connectivity index (χ3v) is 23.0. The molecule has 2 rings (SSSR count). The van der Waals surface area contributed by atoms with Gasteiger partial charge in [-0.15, -0.1) is 0 Å². The molecule has 4 heteroatoms. The van der Waals surface area contributed by atoms with E-state index >= 15 is 0 Å². The number of hydrogen-bond acceptors (Lipinski definition) is 1. The Hall–Kier alpha value is 1.59. The minimum atomic E-state index is -0.874. The monoisotopic (exact) mass is 439 g/mol. The topological polar surface area (TPSA) is 20.2 Å². The fourth-order valence-electron chi connectivity index (χ4n) is 1.78. The number of alkyl halides is 4. The van der Waals surface area contributed by atoms with Crippen LogP contribution in [0.5, 0.6) is 0 Å². The van der Waals surface area contributed by atoms with Crippen LogP contribution in [0, 0.1) is 0 Å². The molecule has 1 heterocycles. The van der Waals surface area contributed by atoms with Crippen LogP contribution in [-0.2, 0) is 0 Å². The molecule has 2 atom stereocenters. The summed E-state index contributed by atoms with van der Waals surface area (Å²) in [5.41, 5.74) is 0.611. The second kappa shape index (κ2) is 6.36. The van der Waals surface area contributed by atoms with Gasteiger partial charge in [0.15, 0.2) is 0 Å². The maximum atomic E-state index is 10.4. The predicted octanol–water partition coefficient (Wildman–Crippen LogP) is 0.00830. The van der Waals surface area contributed by atoms with Gasteiger partial charge in [-0.3, -0.25) is 0 Å². The zero-order valence-electron chi connectivity index (χ0n) is 8.33. The molecule has 0 radical (unpaired) electrons. The molecule has 0 aromatic heterocycles. The Labute approximate surface area is 105 Å². The van der Waals surface area contributed by atoms with Crippen molar-refractivity contribution >= 4 is 25.1 Å². The number of halogens is 2. The average Bonchev–Trinajstić information content (AvgIpc) is 2.30. The van der Waals surface area contributed by atoms with E-state index in [9.17, 15) is 4.89 Å². The second-order valence-electron chi connectivity index (χ2n) is 3.59. The fraction of sp³-hybridized carbons (Fsp3) is 0.800. The summed E-state index contributed by atoms with van der Waals surface area (Å²) in [7, 11) is 0. The van der Waals surface area contributed by atoms with Gasteiger partial charge in [0.25, 0.3) is 0 Å². The third kappa shape index (κ3) is 3.29. The molecule has 0 amide bonds. The molecule has 1 nitrogen and oxygen atoms in total. The first-order valence-corrected chi connectivity index (χ1v) is 15.4. The number of hydrogen-bond donors (Lipinski definition) is 1. The molecule has 1 fully saturated rings. The van der Waals surface area contributed by atoms with Gasteiger partial charge in [0.05, 0.1) is 0 Å². The maximum absolute atomic E-state index is 10.4. The van der Waals surface area contributed by atoms with Crippen LogP contribution < -0.4 is 21.2 Å². The van der Waals surface area contributed by atoms with E-state index in [1.54, 1.807) is 0 Å². The van der Waals surface area contributed by atoms with Gasteiger partial charge >= 0.3 is 106 Å². The van der Waals surface area contributed by atoms with E-state index in [1.807, 2.05) is 0 Å². The van der Waals surface area contributed by atoms with Crippen molar-refractivity contribution in [2.45, 2.75) is 24.9 Å². The summed E-state index contributed by atoms with van der Waals surface area (Å²) in [6, 6.07) is 0. The summed E-state index contributed by atoms with van der Waals surface area (Å²) in [5.74, 6) is -0.529. The van der Waals surface area contributed by atoms with Crippen LogP contribution in [0.4, 0.5) is 0 Å². The minimum absolute atomic E-state index is 0.529. The summed E-state index contributed by atoms with van der Waals surface area (Å²) in [6.45, 7) is 0. The van der Waals surface area contributed by atoms with Crippen molar-refractivity contribution in [1.82, 2.24) is 0 Å². The van der Waals surface area contributed by atoms with E-state index in [1.165, 1.54) is 37.0 Å². The molecule has 1 N–H and O–H groups in total. The molecule has 0 spiro atoms. The normalized spacial score (nSPS) is 33.5. The van der Waals surface area contributed by atoms with E-state index in [-0.39, 0.29) is 0 Å². The summed E-state index contributed by atoms with van der Waals surface area (Å²) in [5, 5.41) is 0. The summed E-state index contributed by atoms with van der Waals surface area (Å²) in [4.78, 5) is 10.4. The molecule has 0 saturated carbocycles. The Morgan fingerprint density at radius 3 is 2.79 bits per heavy atom. The van der Waals surface area contributed by atoms with Crippen LogP contribution in [0.2, 0.25) is 0 Å². The van der Waals surface area contributed by atoms with Gasteiger partial charge in [-0.1, -0.05) is 0 Å². The first kappa shape index (κ1) is 12.1. The molecule has 0 aromatic carbocycles. The van der Waals surface area contributed by atoms with Crippen molar-refractivity contribution < 1.29 is 26.1 Å². The summed E-state index contributed by atoms with van der Waals surface area (Å²) >= 11 is -0.310. The Morgan fingerprint density at radius 1 is 1.36 bits per heavy atom. The molecular formula is C10H18I2OP-. The van der Waals surface area contributed by atoms with Crippen LogP contribution in [0.15, 0.2) is 12.2 Å². The van der Waals surface area contributed by atoms with Crippen molar-refractivity contribution in [1.29, 1.82) is 0 Å². The van der Waals surface area contributed by atoms with E-state index in [4.69, 9.17) is 0 Å². The molecule has 1 aliphatic heterocycles.